The van der Waals surface area contributed by atoms with E-state index in [9.17, 15) is 0 Å². The number of rotatable bonds is 4. The molecule has 0 saturated heterocycles. The smallest absolute Gasteiger partial charge is 0.123 e. The van der Waals surface area contributed by atoms with E-state index in [4.69, 9.17) is 16.3 Å². The van der Waals surface area contributed by atoms with Gasteiger partial charge in [-0.1, -0.05) is 11.6 Å². The lowest BCUT2D eigenvalue weighted by Gasteiger charge is -2.16. The van der Waals surface area contributed by atoms with Crippen molar-refractivity contribution in [1.82, 2.24) is 10.3 Å². The van der Waals surface area contributed by atoms with Crippen LogP contribution in [0.25, 0.3) is 0 Å². The summed E-state index contributed by atoms with van der Waals surface area (Å²) in [6.45, 7) is 7.12. The summed E-state index contributed by atoms with van der Waals surface area (Å²) < 4.78 is 5.95. The minimum atomic E-state index is 0.176. The zero-order valence-corrected chi connectivity index (χ0v) is 14.0. The third kappa shape index (κ3) is 3.23. The highest BCUT2D eigenvalue weighted by atomic mass is 35.5. The molecule has 0 aliphatic carbocycles. The number of ether oxygens (including phenoxy) is 1. The van der Waals surface area contributed by atoms with Gasteiger partial charge in [0.15, 0.2) is 0 Å². The zero-order chi connectivity index (χ0) is 15.0. The van der Waals surface area contributed by atoms with E-state index >= 15 is 0 Å². The standard InChI is InChI=1S/C16H19ClN2OS/c1-9(16-10(2)19-11(3)21-16)18-8-14-7-12-6-13(17)4-5-15(12)20-14/h4-6,9,14,18H,7-8H2,1-3H3. The molecule has 2 heterocycles. The molecule has 3 rings (SSSR count). The number of aryl methyl sites for hydroxylation is 2. The van der Waals surface area contributed by atoms with Gasteiger partial charge in [-0.25, -0.2) is 4.98 Å². The number of halogens is 1. The number of nitrogens with zero attached hydrogens (tertiary/aromatic N) is 1. The Morgan fingerprint density at radius 2 is 2.29 bits per heavy atom. The summed E-state index contributed by atoms with van der Waals surface area (Å²) in [6.07, 6.45) is 1.09. The average Bonchev–Trinajstić information content (AvgIpc) is 2.98. The quantitative estimate of drug-likeness (QED) is 0.921. The van der Waals surface area contributed by atoms with Crippen LogP contribution in [-0.2, 0) is 6.42 Å². The summed E-state index contributed by atoms with van der Waals surface area (Å²) in [5.74, 6) is 0.962. The molecular formula is C16H19ClN2OS. The van der Waals surface area contributed by atoms with Crippen molar-refractivity contribution in [3.05, 3.63) is 44.4 Å². The van der Waals surface area contributed by atoms with E-state index in [-0.39, 0.29) is 6.10 Å². The number of nitrogens with one attached hydrogen (secondary N) is 1. The van der Waals surface area contributed by atoms with Crippen LogP contribution in [0.1, 0.15) is 34.1 Å². The summed E-state index contributed by atoms with van der Waals surface area (Å²) in [7, 11) is 0. The molecule has 2 unspecified atom stereocenters. The van der Waals surface area contributed by atoms with Gasteiger partial charge in [0.2, 0.25) is 0 Å². The highest BCUT2D eigenvalue weighted by molar-refractivity contribution is 7.11. The lowest BCUT2D eigenvalue weighted by molar-refractivity contribution is 0.223. The minimum Gasteiger partial charge on any atom is -0.488 e. The summed E-state index contributed by atoms with van der Waals surface area (Å²) in [4.78, 5) is 5.80. The van der Waals surface area contributed by atoms with Gasteiger partial charge in [-0.2, -0.15) is 0 Å². The third-order valence-electron chi connectivity index (χ3n) is 3.75. The molecule has 1 N–H and O–H groups in total. The van der Waals surface area contributed by atoms with Gasteiger partial charge in [-0.15, -0.1) is 11.3 Å². The molecule has 0 saturated carbocycles. The van der Waals surface area contributed by atoms with E-state index in [1.54, 1.807) is 11.3 Å². The fourth-order valence-electron chi connectivity index (χ4n) is 2.75. The van der Waals surface area contributed by atoms with Crippen molar-refractivity contribution in [3.8, 4) is 5.75 Å². The molecule has 1 aromatic carbocycles. The SMILES string of the molecule is Cc1nc(C)c(C(C)NCC2Cc3cc(Cl)ccc3O2)s1. The molecule has 112 valence electrons. The van der Waals surface area contributed by atoms with Crippen molar-refractivity contribution in [2.75, 3.05) is 6.54 Å². The molecule has 21 heavy (non-hydrogen) atoms. The molecular weight excluding hydrogens is 304 g/mol. The second-order valence-electron chi connectivity index (χ2n) is 5.51. The second-order valence-corrected chi connectivity index (χ2v) is 7.18. The number of thiazole rings is 1. The van der Waals surface area contributed by atoms with Gasteiger partial charge < -0.3 is 10.1 Å². The van der Waals surface area contributed by atoms with Crippen LogP contribution in [0.15, 0.2) is 18.2 Å². The van der Waals surface area contributed by atoms with Gasteiger partial charge in [0.1, 0.15) is 11.9 Å². The molecule has 0 fully saturated rings. The van der Waals surface area contributed by atoms with Crippen LogP contribution in [0.5, 0.6) is 5.75 Å². The zero-order valence-electron chi connectivity index (χ0n) is 12.4. The Kier molecular flexibility index (Phi) is 4.20. The van der Waals surface area contributed by atoms with Crippen LogP contribution in [0.3, 0.4) is 0 Å². The molecule has 0 bridgehead atoms. The summed E-state index contributed by atoms with van der Waals surface area (Å²) >= 11 is 7.78. The van der Waals surface area contributed by atoms with Gasteiger partial charge in [0.05, 0.1) is 10.7 Å². The van der Waals surface area contributed by atoms with Crippen LogP contribution in [-0.4, -0.2) is 17.6 Å². The van der Waals surface area contributed by atoms with Gasteiger partial charge >= 0.3 is 0 Å². The number of fused-ring (bicyclic) bond motifs is 1. The minimum absolute atomic E-state index is 0.176. The molecule has 0 radical (unpaired) electrons. The molecule has 1 aliphatic rings. The highest BCUT2D eigenvalue weighted by Gasteiger charge is 2.24. The summed E-state index contributed by atoms with van der Waals surface area (Å²) in [5, 5.41) is 5.45. The van der Waals surface area contributed by atoms with Crippen molar-refractivity contribution < 1.29 is 4.74 Å². The van der Waals surface area contributed by atoms with E-state index < -0.39 is 0 Å². The predicted molar refractivity (Wildman–Crippen MR) is 87.6 cm³/mol. The van der Waals surface area contributed by atoms with Crippen molar-refractivity contribution in [3.63, 3.8) is 0 Å². The van der Waals surface area contributed by atoms with Crippen LogP contribution in [0.2, 0.25) is 5.02 Å². The molecule has 0 spiro atoms. The lowest BCUT2D eigenvalue weighted by Crippen LogP contribution is -2.31. The third-order valence-corrected chi connectivity index (χ3v) is 5.24. The maximum Gasteiger partial charge on any atom is 0.123 e. The molecule has 1 aliphatic heterocycles. The van der Waals surface area contributed by atoms with Crippen LogP contribution >= 0.6 is 22.9 Å². The van der Waals surface area contributed by atoms with Crippen molar-refractivity contribution in [2.24, 2.45) is 0 Å². The Morgan fingerprint density at radius 3 is 3.00 bits per heavy atom. The molecule has 5 heteroatoms. The topological polar surface area (TPSA) is 34.2 Å². The van der Waals surface area contributed by atoms with E-state index in [0.717, 1.165) is 34.4 Å². The maximum absolute atomic E-state index is 6.02. The number of hydrogen-bond acceptors (Lipinski definition) is 4. The predicted octanol–water partition coefficient (Wildman–Crippen LogP) is 4.07. The summed E-state index contributed by atoms with van der Waals surface area (Å²) in [6, 6.07) is 6.13. The Hall–Kier alpha value is -1.10. The largest absolute Gasteiger partial charge is 0.488 e. The first-order valence-electron chi connectivity index (χ1n) is 7.15. The Balaban J connectivity index is 1.58. The fraction of sp³-hybridized carbons (Fsp3) is 0.438. The molecule has 1 aromatic heterocycles. The van der Waals surface area contributed by atoms with Crippen LogP contribution in [0, 0.1) is 13.8 Å². The van der Waals surface area contributed by atoms with Crippen LogP contribution < -0.4 is 10.1 Å². The van der Waals surface area contributed by atoms with Crippen molar-refractivity contribution >= 4 is 22.9 Å². The molecule has 3 nitrogen and oxygen atoms in total. The molecule has 0 amide bonds. The maximum atomic E-state index is 6.02. The molecule has 2 atom stereocenters. The highest BCUT2D eigenvalue weighted by Crippen LogP contribution is 2.31. The van der Waals surface area contributed by atoms with Gasteiger partial charge in [0.25, 0.3) is 0 Å². The summed E-state index contributed by atoms with van der Waals surface area (Å²) in [5.41, 5.74) is 2.33. The second kappa shape index (κ2) is 5.95. The van der Waals surface area contributed by atoms with E-state index in [2.05, 4.69) is 24.1 Å². The molecule has 2 aromatic rings. The van der Waals surface area contributed by atoms with Crippen molar-refractivity contribution in [1.29, 1.82) is 0 Å². The first-order valence-corrected chi connectivity index (χ1v) is 8.35. The van der Waals surface area contributed by atoms with E-state index in [1.165, 1.54) is 10.4 Å². The number of hydrogen-bond donors (Lipinski definition) is 1. The van der Waals surface area contributed by atoms with Gasteiger partial charge in [-0.3, -0.25) is 0 Å². The first kappa shape index (κ1) is 14.8. The van der Waals surface area contributed by atoms with Gasteiger partial charge in [-0.05, 0) is 44.5 Å². The Bertz CT molecular complexity index is 656. The van der Waals surface area contributed by atoms with Crippen molar-refractivity contribution in [2.45, 2.75) is 39.3 Å². The average molecular weight is 323 g/mol. The monoisotopic (exact) mass is 322 g/mol. The van der Waals surface area contributed by atoms with E-state index in [1.807, 2.05) is 25.1 Å². The fourth-order valence-corrected chi connectivity index (χ4v) is 3.90. The first-order chi connectivity index (χ1) is 10.0. The Labute approximate surface area is 134 Å². The van der Waals surface area contributed by atoms with Gasteiger partial charge in [0, 0.05) is 28.9 Å². The number of benzene rings is 1. The van der Waals surface area contributed by atoms with E-state index in [0.29, 0.717) is 6.04 Å². The normalized spacial score (nSPS) is 18.4. The van der Waals surface area contributed by atoms with Crippen LogP contribution in [0.4, 0.5) is 0 Å². The number of aromatic nitrogens is 1. The Morgan fingerprint density at radius 1 is 1.48 bits per heavy atom. The lowest BCUT2D eigenvalue weighted by atomic mass is 10.1.